The number of rotatable bonds is 6. The van der Waals surface area contributed by atoms with Gasteiger partial charge in [-0.1, -0.05) is 6.07 Å². The quantitative estimate of drug-likeness (QED) is 0.768. The SMILES string of the molecule is COCCNc1ncc2c(n1)CC[C@@H](NC(=O)c1cccc(C#N)c1)C2. The van der Waals surface area contributed by atoms with Gasteiger partial charge in [-0.2, -0.15) is 5.26 Å². The first-order valence-electron chi connectivity index (χ1n) is 8.58. The first-order chi connectivity index (χ1) is 12.7. The van der Waals surface area contributed by atoms with Crippen molar-refractivity contribution >= 4 is 11.9 Å². The predicted octanol–water partition coefficient (Wildman–Crippen LogP) is 1.69. The number of hydrogen-bond acceptors (Lipinski definition) is 6. The second-order valence-electron chi connectivity index (χ2n) is 6.19. The Kier molecular flexibility index (Phi) is 5.77. The highest BCUT2D eigenvalue weighted by Gasteiger charge is 2.22. The van der Waals surface area contributed by atoms with E-state index >= 15 is 0 Å². The number of fused-ring (bicyclic) bond motifs is 1. The lowest BCUT2D eigenvalue weighted by atomic mass is 9.92. The van der Waals surface area contributed by atoms with Gasteiger partial charge in [-0.15, -0.1) is 0 Å². The van der Waals surface area contributed by atoms with Gasteiger partial charge in [0, 0.05) is 37.2 Å². The monoisotopic (exact) mass is 351 g/mol. The Morgan fingerprint density at radius 1 is 1.46 bits per heavy atom. The number of ether oxygens (including phenoxy) is 1. The molecule has 0 spiro atoms. The van der Waals surface area contributed by atoms with Crippen molar-refractivity contribution in [2.75, 3.05) is 25.6 Å². The maximum Gasteiger partial charge on any atom is 0.251 e. The number of nitrogens with zero attached hydrogens (tertiary/aromatic N) is 3. The summed E-state index contributed by atoms with van der Waals surface area (Å²) in [7, 11) is 1.65. The van der Waals surface area contributed by atoms with Crippen LogP contribution in [0.15, 0.2) is 30.5 Å². The lowest BCUT2D eigenvalue weighted by molar-refractivity contribution is 0.0933. The van der Waals surface area contributed by atoms with Gasteiger partial charge in [0.2, 0.25) is 5.95 Å². The summed E-state index contributed by atoms with van der Waals surface area (Å²) in [6.07, 6.45) is 4.15. The number of carbonyl (C=O) groups excluding carboxylic acids is 1. The highest BCUT2D eigenvalue weighted by molar-refractivity contribution is 5.94. The van der Waals surface area contributed by atoms with Crippen LogP contribution in [0.1, 0.15) is 33.6 Å². The number of amides is 1. The average Bonchev–Trinajstić information content (AvgIpc) is 2.68. The molecule has 134 valence electrons. The fraction of sp³-hybridized carbons (Fsp3) is 0.368. The number of nitrogens with one attached hydrogen (secondary N) is 2. The average molecular weight is 351 g/mol. The van der Waals surface area contributed by atoms with Gasteiger partial charge >= 0.3 is 0 Å². The zero-order chi connectivity index (χ0) is 18.4. The molecule has 1 aliphatic rings. The van der Waals surface area contributed by atoms with Crippen molar-refractivity contribution in [1.29, 1.82) is 5.26 Å². The third kappa shape index (κ3) is 4.35. The number of nitriles is 1. The number of methoxy groups -OCH3 is 1. The summed E-state index contributed by atoms with van der Waals surface area (Å²) in [4.78, 5) is 21.3. The Bertz CT molecular complexity index is 831. The van der Waals surface area contributed by atoms with Gasteiger partial charge in [-0.05, 0) is 43.0 Å². The summed E-state index contributed by atoms with van der Waals surface area (Å²) in [5, 5.41) is 15.1. The summed E-state index contributed by atoms with van der Waals surface area (Å²) in [6.45, 7) is 1.26. The molecule has 1 aromatic heterocycles. The fourth-order valence-electron chi connectivity index (χ4n) is 2.98. The molecule has 0 saturated carbocycles. The number of aromatic nitrogens is 2. The van der Waals surface area contributed by atoms with E-state index in [4.69, 9.17) is 10.00 Å². The minimum Gasteiger partial charge on any atom is -0.383 e. The van der Waals surface area contributed by atoms with E-state index in [1.165, 1.54) is 0 Å². The van der Waals surface area contributed by atoms with E-state index in [-0.39, 0.29) is 11.9 Å². The van der Waals surface area contributed by atoms with E-state index in [0.717, 1.165) is 24.1 Å². The van der Waals surface area contributed by atoms with E-state index in [9.17, 15) is 4.79 Å². The molecule has 0 saturated heterocycles. The third-order valence-electron chi connectivity index (χ3n) is 4.33. The van der Waals surface area contributed by atoms with Crippen molar-refractivity contribution < 1.29 is 9.53 Å². The topological polar surface area (TPSA) is 99.9 Å². The Morgan fingerprint density at radius 3 is 3.15 bits per heavy atom. The Labute approximate surface area is 152 Å². The summed E-state index contributed by atoms with van der Waals surface area (Å²) in [6, 6.07) is 8.81. The maximum absolute atomic E-state index is 12.4. The van der Waals surface area contributed by atoms with Crippen LogP contribution in [-0.4, -0.2) is 42.2 Å². The van der Waals surface area contributed by atoms with Crippen LogP contribution in [0.4, 0.5) is 5.95 Å². The zero-order valence-corrected chi connectivity index (χ0v) is 14.7. The maximum atomic E-state index is 12.4. The summed E-state index contributed by atoms with van der Waals surface area (Å²) in [5.41, 5.74) is 3.07. The molecule has 0 fully saturated rings. The van der Waals surface area contributed by atoms with Crippen LogP contribution in [0, 0.1) is 11.3 Å². The Hall–Kier alpha value is -2.98. The van der Waals surface area contributed by atoms with Crippen LogP contribution in [0.5, 0.6) is 0 Å². The molecule has 0 bridgehead atoms. The Balaban J connectivity index is 1.61. The Morgan fingerprint density at radius 2 is 2.35 bits per heavy atom. The van der Waals surface area contributed by atoms with Gasteiger partial charge in [0.15, 0.2) is 0 Å². The summed E-state index contributed by atoms with van der Waals surface area (Å²) in [5.74, 6) is 0.450. The van der Waals surface area contributed by atoms with Crippen molar-refractivity contribution in [1.82, 2.24) is 15.3 Å². The molecule has 3 rings (SSSR count). The second kappa shape index (κ2) is 8.41. The van der Waals surface area contributed by atoms with E-state index in [0.29, 0.717) is 36.6 Å². The third-order valence-corrected chi connectivity index (χ3v) is 4.33. The molecular weight excluding hydrogens is 330 g/mol. The zero-order valence-electron chi connectivity index (χ0n) is 14.7. The van der Waals surface area contributed by atoms with Crippen LogP contribution in [0.25, 0.3) is 0 Å². The normalized spacial score (nSPS) is 15.6. The standard InChI is InChI=1S/C19H21N5O2/c1-26-8-7-21-19-22-12-15-10-16(5-6-17(15)24-19)23-18(25)14-4-2-3-13(9-14)11-20/h2-4,9,12,16H,5-8,10H2,1H3,(H,23,25)(H,21,22,24)/t16-/m1/s1. The van der Waals surface area contributed by atoms with Crippen LogP contribution < -0.4 is 10.6 Å². The summed E-state index contributed by atoms with van der Waals surface area (Å²) >= 11 is 0. The molecule has 1 heterocycles. The van der Waals surface area contributed by atoms with Crippen molar-refractivity contribution in [3.05, 3.63) is 52.8 Å². The lowest BCUT2D eigenvalue weighted by Crippen LogP contribution is -2.39. The van der Waals surface area contributed by atoms with Gasteiger partial charge in [-0.3, -0.25) is 4.79 Å². The number of anilines is 1. The van der Waals surface area contributed by atoms with E-state index in [2.05, 4.69) is 26.7 Å². The molecule has 0 unspecified atom stereocenters. The minimum absolute atomic E-state index is 0.0386. The number of aryl methyl sites for hydroxylation is 1. The predicted molar refractivity (Wildman–Crippen MR) is 96.8 cm³/mol. The first-order valence-corrected chi connectivity index (χ1v) is 8.58. The lowest BCUT2D eigenvalue weighted by Gasteiger charge is -2.25. The first kappa shape index (κ1) is 17.8. The molecule has 7 nitrogen and oxygen atoms in total. The van der Waals surface area contributed by atoms with Gasteiger partial charge in [-0.25, -0.2) is 9.97 Å². The van der Waals surface area contributed by atoms with Crippen LogP contribution in [0.2, 0.25) is 0 Å². The van der Waals surface area contributed by atoms with Crippen LogP contribution in [0.3, 0.4) is 0 Å². The largest absolute Gasteiger partial charge is 0.383 e. The van der Waals surface area contributed by atoms with Crippen molar-refractivity contribution in [2.45, 2.75) is 25.3 Å². The number of benzene rings is 1. The molecule has 0 radical (unpaired) electrons. The molecule has 2 N–H and O–H groups in total. The van der Waals surface area contributed by atoms with Crippen molar-refractivity contribution in [3.8, 4) is 6.07 Å². The van der Waals surface area contributed by atoms with Gasteiger partial charge in [0.05, 0.1) is 18.2 Å². The van der Waals surface area contributed by atoms with E-state index in [1.807, 2.05) is 6.20 Å². The smallest absolute Gasteiger partial charge is 0.251 e. The van der Waals surface area contributed by atoms with Gasteiger partial charge in [0.25, 0.3) is 5.91 Å². The van der Waals surface area contributed by atoms with E-state index < -0.39 is 0 Å². The van der Waals surface area contributed by atoms with E-state index in [1.54, 1.807) is 31.4 Å². The molecule has 0 aliphatic heterocycles. The second-order valence-corrected chi connectivity index (χ2v) is 6.19. The fourth-order valence-corrected chi connectivity index (χ4v) is 2.98. The van der Waals surface area contributed by atoms with Crippen LogP contribution >= 0.6 is 0 Å². The highest BCUT2D eigenvalue weighted by Crippen LogP contribution is 2.20. The van der Waals surface area contributed by atoms with Crippen LogP contribution in [-0.2, 0) is 17.6 Å². The molecule has 1 aromatic carbocycles. The molecule has 1 aliphatic carbocycles. The van der Waals surface area contributed by atoms with Crippen molar-refractivity contribution in [2.24, 2.45) is 0 Å². The van der Waals surface area contributed by atoms with Gasteiger partial charge in [0.1, 0.15) is 0 Å². The molecule has 7 heteroatoms. The molecule has 1 amide bonds. The van der Waals surface area contributed by atoms with Gasteiger partial charge < -0.3 is 15.4 Å². The molecule has 2 aromatic rings. The van der Waals surface area contributed by atoms with Crippen molar-refractivity contribution in [3.63, 3.8) is 0 Å². The molecular formula is C19H21N5O2. The summed E-state index contributed by atoms with van der Waals surface area (Å²) < 4.78 is 5.00. The minimum atomic E-state index is -0.158. The number of hydrogen-bond donors (Lipinski definition) is 2. The number of carbonyl (C=O) groups is 1. The molecule has 1 atom stereocenters. The molecule has 26 heavy (non-hydrogen) atoms. The highest BCUT2D eigenvalue weighted by atomic mass is 16.5.